The Labute approximate surface area is 75.4 Å². The molecule has 0 spiro atoms. The number of hydrogen-bond donors (Lipinski definition) is 0. The van der Waals surface area contributed by atoms with Gasteiger partial charge in [0.05, 0.1) is 0 Å². The lowest BCUT2D eigenvalue weighted by atomic mass is 9.99. The van der Waals surface area contributed by atoms with Crippen molar-refractivity contribution < 1.29 is 0 Å². The van der Waals surface area contributed by atoms with Crippen LogP contribution in [-0.2, 0) is 0 Å². The van der Waals surface area contributed by atoms with Gasteiger partial charge in [-0.3, -0.25) is 0 Å². The highest BCUT2D eigenvalue weighted by Gasteiger charge is 2.59. The van der Waals surface area contributed by atoms with Crippen LogP contribution in [0.1, 0.15) is 32.6 Å². The Morgan fingerprint density at radius 1 is 1.67 bits per heavy atom. The van der Waals surface area contributed by atoms with E-state index in [1.807, 2.05) is 0 Å². The van der Waals surface area contributed by atoms with E-state index in [2.05, 4.69) is 25.5 Å². The summed E-state index contributed by atoms with van der Waals surface area (Å²) in [5.74, 6) is 0.999. The van der Waals surface area contributed by atoms with Crippen molar-refractivity contribution in [2.24, 2.45) is 11.3 Å². The lowest BCUT2D eigenvalue weighted by molar-refractivity contribution is 0.354. The molecule has 2 saturated carbocycles. The molecule has 0 heterocycles. The molecule has 0 N–H and O–H groups in total. The highest BCUT2D eigenvalue weighted by Crippen LogP contribution is 2.67. The van der Waals surface area contributed by atoms with Gasteiger partial charge in [0.15, 0.2) is 0 Å². The molecule has 2 atom stereocenters. The van der Waals surface area contributed by atoms with Gasteiger partial charge >= 0.3 is 0 Å². The molecule has 12 heavy (non-hydrogen) atoms. The summed E-state index contributed by atoms with van der Waals surface area (Å²) in [6.07, 6.45) is 5.72. The number of rotatable bonds is 3. The summed E-state index contributed by atoms with van der Waals surface area (Å²) >= 11 is 0. The maximum atomic E-state index is 4.25. The van der Waals surface area contributed by atoms with Crippen LogP contribution in [0.5, 0.6) is 0 Å². The first-order valence-electron chi connectivity index (χ1n) is 5.11. The van der Waals surface area contributed by atoms with Gasteiger partial charge in [0.25, 0.3) is 0 Å². The molecular weight excluding hydrogens is 146 g/mol. The fourth-order valence-electron chi connectivity index (χ4n) is 2.80. The maximum absolute atomic E-state index is 4.25. The van der Waals surface area contributed by atoms with E-state index in [0.29, 0.717) is 5.41 Å². The molecule has 68 valence electrons. The summed E-state index contributed by atoms with van der Waals surface area (Å²) in [7, 11) is 2.17. The van der Waals surface area contributed by atoms with Crippen LogP contribution in [0.3, 0.4) is 0 Å². The molecule has 0 saturated heterocycles. The molecule has 0 bridgehead atoms. The zero-order chi connectivity index (χ0) is 8.77. The molecule has 2 aliphatic rings. The highest BCUT2D eigenvalue weighted by molar-refractivity contribution is 5.24. The molecule has 1 nitrogen and oxygen atoms in total. The smallest absolute Gasteiger partial charge is 0.0143 e. The minimum atomic E-state index is 0.574. The fraction of sp³-hybridized carbons (Fsp3) is 0.818. The zero-order valence-electron chi connectivity index (χ0n) is 8.27. The minimum absolute atomic E-state index is 0.574. The second-order valence-corrected chi connectivity index (χ2v) is 4.41. The third-order valence-corrected chi connectivity index (χ3v) is 3.92. The van der Waals surface area contributed by atoms with Crippen molar-refractivity contribution in [1.29, 1.82) is 0 Å². The molecule has 2 fully saturated rings. The third-order valence-electron chi connectivity index (χ3n) is 3.92. The summed E-state index contributed by atoms with van der Waals surface area (Å²) in [5.41, 5.74) is 1.98. The molecule has 0 aromatic heterocycles. The molecule has 0 aromatic carbocycles. The van der Waals surface area contributed by atoms with E-state index in [4.69, 9.17) is 0 Å². The van der Waals surface area contributed by atoms with Crippen LogP contribution in [0.25, 0.3) is 0 Å². The predicted molar refractivity (Wildman–Crippen MR) is 51.8 cm³/mol. The number of allylic oxidation sites excluding steroid dienone is 1. The SMILES string of the molecule is C=C(N(C)CC)C12CCCC1C2. The third kappa shape index (κ3) is 0.917. The number of hydrogen-bond acceptors (Lipinski definition) is 1. The summed E-state index contributed by atoms with van der Waals surface area (Å²) in [6.45, 7) is 7.55. The van der Waals surface area contributed by atoms with Gasteiger partial charge in [0.2, 0.25) is 0 Å². The largest absolute Gasteiger partial charge is 0.378 e. The van der Waals surface area contributed by atoms with Crippen molar-refractivity contribution in [3.05, 3.63) is 12.3 Å². The Morgan fingerprint density at radius 2 is 2.42 bits per heavy atom. The van der Waals surface area contributed by atoms with Crippen molar-refractivity contribution >= 4 is 0 Å². The molecule has 0 amide bonds. The van der Waals surface area contributed by atoms with Gasteiger partial charge in [-0.15, -0.1) is 0 Å². The van der Waals surface area contributed by atoms with Gasteiger partial charge in [-0.05, 0) is 32.1 Å². The average Bonchev–Trinajstić information content (AvgIpc) is 2.67. The lowest BCUT2D eigenvalue weighted by Crippen LogP contribution is -2.23. The fourth-order valence-corrected chi connectivity index (χ4v) is 2.80. The van der Waals surface area contributed by atoms with Crippen molar-refractivity contribution in [2.45, 2.75) is 32.6 Å². The summed E-state index contributed by atoms with van der Waals surface area (Å²) in [5, 5.41) is 0. The van der Waals surface area contributed by atoms with Gasteiger partial charge in [0.1, 0.15) is 0 Å². The monoisotopic (exact) mass is 165 g/mol. The van der Waals surface area contributed by atoms with Crippen LogP contribution in [0.2, 0.25) is 0 Å². The highest BCUT2D eigenvalue weighted by atomic mass is 15.1. The van der Waals surface area contributed by atoms with E-state index in [1.165, 1.54) is 31.4 Å². The molecule has 2 unspecified atom stereocenters. The lowest BCUT2D eigenvalue weighted by Gasteiger charge is -2.26. The average molecular weight is 165 g/mol. The Kier molecular flexibility index (Phi) is 1.71. The Hall–Kier alpha value is -0.460. The second-order valence-electron chi connectivity index (χ2n) is 4.41. The first-order valence-corrected chi connectivity index (χ1v) is 5.11. The van der Waals surface area contributed by atoms with Crippen LogP contribution >= 0.6 is 0 Å². The van der Waals surface area contributed by atoms with E-state index in [1.54, 1.807) is 0 Å². The van der Waals surface area contributed by atoms with Crippen LogP contribution in [0, 0.1) is 11.3 Å². The van der Waals surface area contributed by atoms with E-state index >= 15 is 0 Å². The van der Waals surface area contributed by atoms with E-state index in [0.717, 1.165) is 12.5 Å². The normalized spacial score (nSPS) is 37.7. The van der Waals surface area contributed by atoms with Gasteiger partial charge in [-0.2, -0.15) is 0 Å². The number of fused-ring (bicyclic) bond motifs is 1. The summed E-state index contributed by atoms with van der Waals surface area (Å²) in [6, 6.07) is 0. The second kappa shape index (κ2) is 2.51. The van der Waals surface area contributed by atoms with Crippen LogP contribution in [0.15, 0.2) is 12.3 Å². The van der Waals surface area contributed by atoms with E-state index in [9.17, 15) is 0 Å². The molecule has 2 rings (SSSR count). The summed E-state index contributed by atoms with van der Waals surface area (Å²) in [4.78, 5) is 2.32. The molecular formula is C11H19N. The minimum Gasteiger partial charge on any atom is -0.378 e. The van der Waals surface area contributed by atoms with Crippen LogP contribution < -0.4 is 0 Å². The van der Waals surface area contributed by atoms with Crippen LogP contribution in [-0.4, -0.2) is 18.5 Å². The summed E-state index contributed by atoms with van der Waals surface area (Å²) < 4.78 is 0. The van der Waals surface area contributed by atoms with Crippen LogP contribution in [0.4, 0.5) is 0 Å². The number of nitrogens with zero attached hydrogens (tertiary/aromatic N) is 1. The van der Waals surface area contributed by atoms with Gasteiger partial charge in [-0.25, -0.2) is 0 Å². The van der Waals surface area contributed by atoms with Crippen molar-refractivity contribution in [3.8, 4) is 0 Å². The topological polar surface area (TPSA) is 3.24 Å². The quantitative estimate of drug-likeness (QED) is 0.621. The zero-order valence-corrected chi connectivity index (χ0v) is 8.27. The standard InChI is InChI=1S/C11H19N/c1-4-12(3)9(2)11-7-5-6-10(11)8-11/h10H,2,4-8H2,1,3H3. The first kappa shape index (κ1) is 8.15. The molecule has 0 radical (unpaired) electrons. The molecule has 2 aliphatic carbocycles. The molecule has 1 heteroatoms. The van der Waals surface area contributed by atoms with Crippen molar-refractivity contribution in [2.75, 3.05) is 13.6 Å². The molecule has 0 aromatic rings. The van der Waals surface area contributed by atoms with E-state index in [-0.39, 0.29) is 0 Å². The Morgan fingerprint density at radius 3 is 2.83 bits per heavy atom. The first-order chi connectivity index (χ1) is 5.70. The predicted octanol–water partition coefficient (Wildman–Crippen LogP) is 2.64. The molecule has 0 aliphatic heterocycles. The van der Waals surface area contributed by atoms with Crippen molar-refractivity contribution in [1.82, 2.24) is 4.90 Å². The Balaban J connectivity index is 2.05. The maximum Gasteiger partial charge on any atom is 0.0143 e. The van der Waals surface area contributed by atoms with Gasteiger partial charge in [-0.1, -0.05) is 13.0 Å². The van der Waals surface area contributed by atoms with Crippen molar-refractivity contribution in [3.63, 3.8) is 0 Å². The van der Waals surface area contributed by atoms with Gasteiger partial charge in [0, 0.05) is 24.7 Å². The van der Waals surface area contributed by atoms with Gasteiger partial charge < -0.3 is 4.90 Å². The Bertz CT molecular complexity index is 209. The van der Waals surface area contributed by atoms with E-state index < -0.39 is 0 Å².